The Kier molecular flexibility index (Phi) is 4.24. The summed E-state index contributed by atoms with van der Waals surface area (Å²) in [5.74, 6) is -0.450. The van der Waals surface area contributed by atoms with Crippen LogP contribution in [0.2, 0.25) is 0 Å². The number of carbonyl (C=O) groups is 2. The molecule has 1 fully saturated rings. The molecule has 3 rings (SSSR count). The van der Waals surface area contributed by atoms with Crippen LogP contribution in [0.5, 0.6) is 5.88 Å². The van der Waals surface area contributed by atoms with Gasteiger partial charge in [0.2, 0.25) is 5.88 Å². The summed E-state index contributed by atoms with van der Waals surface area (Å²) in [6.45, 7) is 0.618. The van der Waals surface area contributed by atoms with Gasteiger partial charge in [-0.3, -0.25) is 19.4 Å². The highest BCUT2D eigenvalue weighted by atomic mass is 16.5. The first-order valence-electron chi connectivity index (χ1n) is 7.75. The van der Waals surface area contributed by atoms with Gasteiger partial charge in [-0.05, 0) is 25.3 Å². The zero-order chi connectivity index (χ0) is 17.3. The van der Waals surface area contributed by atoms with Gasteiger partial charge in [0, 0.05) is 19.8 Å². The summed E-state index contributed by atoms with van der Waals surface area (Å²) in [7, 11) is 3.22. The number of primary amides is 1. The van der Waals surface area contributed by atoms with Crippen LogP contribution < -0.4 is 10.5 Å². The van der Waals surface area contributed by atoms with Crippen molar-refractivity contribution < 1.29 is 14.3 Å². The summed E-state index contributed by atoms with van der Waals surface area (Å²) >= 11 is 0. The van der Waals surface area contributed by atoms with E-state index in [0.717, 1.165) is 19.3 Å². The van der Waals surface area contributed by atoms with Crippen LogP contribution >= 0.6 is 0 Å². The maximum atomic E-state index is 13.0. The van der Waals surface area contributed by atoms with Crippen molar-refractivity contribution in [1.82, 2.24) is 24.9 Å². The van der Waals surface area contributed by atoms with E-state index >= 15 is 0 Å². The average Bonchev–Trinajstić information content (AvgIpc) is 3.20. The van der Waals surface area contributed by atoms with E-state index in [1.807, 2.05) is 0 Å². The van der Waals surface area contributed by atoms with E-state index in [0.29, 0.717) is 23.7 Å². The fourth-order valence-electron chi connectivity index (χ4n) is 3.05. The zero-order valence-electron chi connectivity index (χ0n) is 13.7. The van der Waals surface area contributed by atoms with E-state index in [9.17, 15) is 9.59 Å². The van der Waals surface area contributed by atoms with Crippen LogP contribution in [0.3, 0.4) is 0 Å². The van der Waals surface area contributed by atoms with Crippen LogP contribution in [0.1, 0.15) is 51.8 Å². The van der Waals surface area contributed by atoms with E-state index in [4.69, 9.17) is 10.5 Å². The van der Waals surface area contributed by atoms with Gasteiger partial charge in [-0.2, -0.15) is 5.10 Å². The second kappa shape index (κ2) is 6.34. The minimum atomic E-state index is -0.597. The van der Waals surface area contributed by atoms with E-state index in [2.05, 4.69) is 15.3 Å². The number of H-pyrrole nitrogens is 1. The van der Waals surface area contributed by atoms with Crippen LogP contribution in [-0.2, 0) is 7.05 Å². The number of aromatic amines is 1. The van der Waals surface area contributed by atoms with Crippen LogP contribution in [0.4, 0.5) is 0 Å². The number of nitrogens with one attached hydrogen (secondary N) is 1. The van der Waals surface area contributed by atoms with E-state index in [1.165, 1.54) is 7.11 Å². The molecule has 9 nitrogen and oxygen atoms in total. The lowest BCUT2D eigenvalue weighted by Gasteiger charge is -2.34. The summed E-state index contributed by atoms with van der Waals surface area (Å²) in [5.41, 5.74) is 6.55. The predicted octanol–water partition coefficient (Wildman–Crippen LogP) is 0.618. The van der Waals surface area contributed by atoms with Gasteiger partial charge in [-0.15, -0.1) is 5.10 Å². The summed E-state index contributed by atoms with van der Waals surface area (Å²) in [4.78, 5) is 26.0. The molecule has 1 aliphatic rings. The van der Waals surface area contributed by atoms with Gasteiger partial charge in [0.15, 0.2) is 0 Å². The van der Waals surface area contributed by atoms with E-state index < -0.39 is 5.91 Å². The van der Waals surface area contributed by atoms with Gasteiger partial charge in [-0.1, -0.05) is 0 Å². The normalized spacial score (nSPS) is 17.8. The van der Waals surface area contributed by atoms with E-state index in [-0.39, 0.29) is 17.6 Å². The van der Waals surface area contributed by atoms with E-state index in [1.54, 1.807) is 28.9 Å². The van der Waals surface area contributed by atoms with Gasteiger partial charge < -0.3 is 15.4 Å². The Balaban J connectivity index is 1.91. The number of aryl methyl sites for hydroxylation is 1. The third-order valence-corrected chi connectivity index (χ3v) is 4.19. The summed E-state index contributed by atoms with van der Waals surface area (Å²) in [5, 5.41) is 10.9. The molecule has 0 aromatic carbocycles. The summed E-state index contributed by atoms with van der Waals surface area (Å²) < 4.78 is 6.74. The van der Waals surface area contributed by atoms with Crippen molar-refractivity contribution in [3.05, 3.63) is 29.2 Å². The fourth-order valence-corrected chi connectivity index (χ4v) is 3.05. The molecule has 0 spiro atoms. The van der Waals surface area contributed by atoms with Crippen molar-refractivity contribution in [3.63, 3.8) is 0 Å². The average molecular weight is 332 g/mol. The van der Waals surface area contributed by atoms with Crippen molar-refractivity contribution in [2.75, 3.05) is 13.7 Å². The quantitative estimate of drug-likeness (QED) is 0.850. The Bertz CT molecular complexity index is 765. The number of amides is 2. The van der Waals surface area contributed by atoms with Gasteiger partial charge in [-0.25, -0.2) is 0 Å². The molecule has 0 saturated carbocycles. The van der Waals surface area contributed by atoms with Crippen molar-refractivity contribution in [1.29, 1.82) is 0 Å². The monoisotopic (exact) mass is 332 g/mol. The first-order chi connectivity index (χ1) is 11.5. The fraction of sp³-hybridized carbons (Fsp3) is 0.467. The van der Waals surface area contributed by atoms with Crippen LogP contribution in [0, 0.1) is 0 Å². The molecule has 1 unspecified atom stereocenters. The predicted molar refractivity (Wildman–Crippen MR) is 84.5 cm³/mol. The molecule has 3 heterocycles. The standard InChI is InChI=1S/C15H20N6O3/c1-20-8-9(14(19-20)24-2)15(23)21-6-4-3-5-12(21)10-7-11(13(16)22)18-17-10/h7-8,12H,3-6H2,1-2H3,(H2,16,22)(H,17,18). The lowest BCUT2D eigenvalue weighted by molar-refractivity contribution is 0.0602. The van der Waals surface area contributed by atoms with Crippen molar-refractivity contribution in [2.45, 2.75) is 25.3 Å². The molecule has 1 saturated heterocycles. The molecule has 2 amide bonds. The smallest absolute Gasteiger partial charge is 0.269 e. The molecular formula is C15H20N6O3. The highest BCUT2D eigenvalue weighted by Gasteiger charge is 2.32. The number of hydrogen-bond donors (Lipinski definition) is 2. The number of aromatic nitrogens is 4. The minimum Gasteiger partial charge on any atom is -0.479 e. The molecule has 1 aliphatic heterocycles. The Morgan fingerprint density at radius 2 is 2.21 bits per heavy atom. The third-order valence-electron chi connectivity index (χ3n) is 4.19. The van der Waals surface area contributed by atoms with Crippen LogP contribution in [-0.4, -0.2) is 50.3 Å². The van der Waals surface area contributed by atoms with Gasteiger partial charge in [0.1, 0.15) is 11.3 Å². The SMILES string of the molecule is COc1nn(C)cc1C(=O)N1CCCCC1c1cc(C(N)=O)n[nH]1. The molecule has 128 valence electrons. The van der Waals surface area contributed by atoms with Crippen LogP contribution in [0.25, 0.3) is 0 Å². The number of rotatable bonds is 4. The largest absolute Gasteiger partial charge is 0.479 e. The van der Waals surface area contributed by atoms with Gasteiger partial charge in [0.25, 0.3) is 11.8 Å². The highest BCUT2D eigenvalue weighted by molar-refractivity contribution is 5.96. The van der Waals surface area contributed by atoms with Gasteiger partial charge in [0.05, 0.1) is 18.8 Å². The highest BCUT2D eigenvalue weighted by Crippen LogP contribution is 2.32. The molecule has 24 heavy (non-hydrogen) atoms. The molecule has 1 atom stereocenters. The molecule has 0 aliphatic carbocycles. The van der Waals surface area contributed by atoms with Crippen molar-refractivity contribution in [3.8, 4) is 5.88 Å². The lowest BCUT2D eigenvalue weighted by atomic mass is 9.98. The second-order valence-electron chi connectivity index (χ2n) is 5.81. The molecule has 9 heteroatoms. The number of ether oxygens (including phenoxy) is 1. The Hall–Kier alpha value is -2.84. The topological polar surface area (TPSA) is 119 Å². The maximum Gasteiger partial charge on any atom is 0.269 e. The number of likely N-dealkylation sites (tertiary alicyclic amines) is 1. The Morgan fingerprint density at radius 3 is 2.88 bits per heavy atom. The molecule has 2 aromatic heterocycles. The number of hydrogen-bond acceptors (Lipinski definition) is 5. The summed E-state index contributed by atoms with van der Waals surface area (Å²) in [6, 6.07) is 1.43. The number of nitrogens with two attached hydrogens (primary N) is 1. The number of nitrogens with zero attached hydrogens (tertiary/aromatic N) is 4. The lowest BCUT2D eigenvalue weighted by Crippen LogP contribution is -2.38. The second-order valence-corrected chi connectivity index (χ2v) is 5.81. The van der Waals surface area contributed by atoms with Crippen molar-refractivity contribution in [2.24, 2.45) is 12.8 Å². The molecular weight excluding hydrogens is 312 g/mol. The zero-order valence-corrected chi connectivity index (χ0v) is 13.7. The number of piperidine rings is 1. The number of carbonyl (C=O) groups excluding carboxylic acids is 2. The first kappa shape index (κ1) is 16.0. The first-order valence-corrected chi connectivity index (χ1v) is 7.75. The Morgan fingerprint density at radius 1 is 1.42 bits per heavy atom. The number of methoxy groups -OCH3 is 1. The minimum absolute atomic E-state index is 0.153. The maximum absolute atomic E-state index is 13.0. The molecule has 0 bridgehead atoms. The molecule has 3 N–H and O–H groups in total. The summed E-state index contributed by atoms with van der Waals surface area (Å²) in [6.07, 6.45) is 4.34. The molecule has 2 aromatic rings. The third kappa shape index (κ3) is 2.84. The Labute approximate surface area is 138 Å². The molecule has 0 radical (unpaired) electrons. The van der Waals surface area contributed by atoms with Crippen molar-refractivity contribution >= 4 is 11.8 Å². The van der Waals surface area contributed by atoms with Gasteiger partial charge >= 0.3 is 0 Å². The van der Waals surface area contributed by atoms with Crippen LogP contribution in [0.15, 0.2) is 12.3 Å².